The Bertz CT molecular complexity index is 552. The van der Waals surface area contributed by atoms with Crippen molar-refractivity contribution < 1.29 is 14.7 Å². The molecule has 4 atom stereocenters. The number of hydrogen-bond donors (Lipinski definition) is 1. The lowest BCUT2D eigenvalue weighted by Gasteiger charge is -2.30. The molecule has 2 bridgehead atoms. The van der Waals surface area contributed by atoms with Crippen LogP contribution in [0.5, 0.6) is 0 Å². The molecule has 1 aromatic rings. The molecule has 1 N–H and O–H groups in total. The van der Waals surface area contributed by atoms with Gasteiger partial charge in [-0.3, -0.25) is 4.79 Å². The standard InChI is InChI=1S/C17H21NO3/c1-10-2-4-11(5-3-10)9-18-16(19)14-12-6-7-13(8-12)15(14)17(20)21/h2-5,12-15H,6-9H2,1H3,(H,18,19)(H,20,21)/p-1/t12-,13-,14-,15-/m0/s1. The molecular formula is C17H20NO3-. The van der Waals surface area contributed by atoms with Crippen molar-refractivity contribution in [2.24, 2.45) is 23.7 Å². The van der Waals surface area contributed by atoms with E-state index in [0.717, 1.165) is 24.8 Å². The number of aryl methyl sites for hydroxylation is 1. The van der Waals surface area contributed by atoms with Crippen LogP contribution in [0.3, 0.4) is 0 Å². The Morgan fingerprint density at radius 3 is 2.38 bits per heavy atom. The van der Waals surface area contributed by atoms with Gasteiger partial charge in [0, 0.05) is 24.3 Å². The first-order valence-electron chi connectivity index (χ1n) is 7.60. The molecule has 112 valence electrons. The van der Waals surface area contributed by atoms with Gasteiger partial charge in [0.1, 0.15) is 0 Å². The van der Waals surface area contributed by atoms with Crippen LogP contribution in [0.1, 0.15) is 30.4 Å². The second-order valence-corrected chi connectivity index (χ2v) is 6.41. The molecule has 21 heavy (non-hydrogen) atoms. The predicted molar refractivity (Wildman–Crippen MR) is 75.8 cm³/mol. The van der Waals surface area contributed by atoms with Crippen LogP contribution in [-0.2, 0) is 16.1 Å². The van der Waals surface area contributed by atoms with E-state index in [-0.39, 0.29) is 17.7 Å². The molecule has 2 fully saturated rings. The minimum atomic E-state index is -1.06. The molecule has 4 nitrogen and oxygen atoms in total. The molecule has 2 aliphatic carbocycles. The van der Waals surface area contributed by atoms with Gasteiger partial charge in [-0.05, 0) is 43.6 Å². The maximum absolute atomic E-state index is 12.4. The van der Waals surface area contributed by atoms with Crippen molar-refractivity contribution in [2.75, 3.05) is 0 Å². The summed E-state index contributed by atoms with van der Waals surface area (Å²) in [5.41, 5.74) is 2.21. The molecule has 4 heteroatoms. The fourth-order valence-corrected chi connectivity index (χ4v) is 4.02. The van der Waals surface area contributed by atoms with Crippen LogP contribution in [0.25, 0.3) is 0 Å². The Kier molecular flexibility index (Phi) is 3.70. The fraction of sp³-hybridized carbons (Fsp3) is 0.529. The minimum Gasteiger partial charge on any atom is -0.550 e. The SMILES string of the molecule is Cc1ccc(CNC(=O)[C@H]2[C@H]3CC[C@@H](C3)[C@@H]2C(=O)[O-])cc1. The maximum atomic E-state index is 12.4. The summed E-state index contributed by atoms with van der Waals surface area (Å²) in [6.45, 7) is 2.47. The molecule has 3 rings (SSSR count). The highest BCUT2D eigenvalue weighted by Gasteiger charge is 2.51. The number of rotatable bonds is 4. The Labute approximate surface area is 124 Å². The molecular weight excluding hydrogens is 266 g/mol. The highest BCUT2D eigenvalue weighted by molar-refractivity contribution is 5.85. The summed E-state index contributed by atoms with van der Waals surface area (Å²) in [4.78, 5) is 23.7. The lowest BCUT2D eigenvalue weighted by molar-refractivity contribution is -0.314. The number of carboxylic acids is 1. The van der Waals surface area contributed by atoms with Crippen LogP contribution in [-0.4, -0.2) is 11.9 Å². The second kappa shape index (κ2) is 5.51. The van der Waals surface area contributed by atoms with Gasteiger partial charge >= 0.3 is 0 Å². The molecule has 0 unspecified atom stereocenters. The third-order valence-electron chi connectivity index (χ3n) is 5.08. The van der Waals surface area contributed by atoms with Crippen molar-refractivity contribution in [1.82, 2.24) is 5.32 Å². The third kappa shape index (κ3) is 2.67. The van der Waals surface area contributed by atoms with Gasteiger partial charge in [-0.25, -0.2) is 0 Å². The normalized spacial score (nSPS) is 30.3. The highest BCUT2D eigenvalue weighted by atomic mass is 16.4. The van der Waals surface area contributed by atoms with E-state index in [1.807, 2.05) is 31.2 Å². The first kappa shape index (κ1) is 14.1. The van der Waals surface area contributed by atoms with Crippen molar-refractivity contribution in [3.63, 3.8) is 0 Å². The molecule has 0 radical (unpaired) electrons. The van der Waals surface area contributed by atoms with Gasteiger partial charge in [0.2, 0.25) is 5.91 Å². The van der Waals surface area contributed by atoms with Gasteiger partial charge in [0.15, 0.2) is 0 Å². The fourth-order valence-electron chi connectivity index (χ4n) is 4.02. The van der Waals surface area contributed by atoms with Gasteiger partial charge in [-0.15, -0.1) is 0 Å². The maximum Gasteiger partial charge on any atom is 0.224 e. The van der Waals surface area contributed by atoms with E-state index in [4.69, 9.17) is 0 Å². The summed E-state index contributed by atoms with van der Waals surface area (Å²) >= 11 is 0. The number of benzene rings is 1. The first-order valence-corrected chi connectivity index (χ1v) is 7.60. The predicted octanol–water partition coefficient (Wildman–Crippen LogP) is 1.02. The van der Waals surface area contributed by atoms with E-state index in [9.17, 15) is 14.7 Å². The average Bonchev–Trinajstić information content (AvgIpc) is 3.06. The lowest BCUT2D eigenvalue weighted by Crippen LogP contribution is -2.45. The third-order valence-corrected chi connectivity index (χ3v) is 5.08. The van der Waals surface area contributed by atoms with E-state index >= 15 is 0 Å². The van der Waals surface area contributed by atoms with Gasteiger partial charge in [0.25, 0.3) is 0 Å². The lowest BCUT2D eigenvalue weighted by atomic mass is 9.78. The summed E-state index contributed by atoms with van der Waals surface area (Å²) in [5.74, 6) is -1.83. The van der Waals surface area contributed by atoms with Gasteiger partial charge < -0.3 is 15.2 Å². The van der Waals surface area contributed by atoms with Crippen LogP contribution >= 0.6 is 0 Å². The molecule has 0 heterocycles. The molecule has 1 amide bonds. The van der Waals surface area contributed by atoms with Crippen LogP contribution in [0.2, 0.25) is 0 Å². The number of fused-ring (bicyclic) bond motifs is 2. The first-order chi connectivity index (χ1) is 10.1. The Balaban J connectivity index is 1.64. The van der Waals surface area contributed by atoms with Crippen LogP contribution in [0.15, 0.2) is 24.3 Å². The molecule has 2 saturated carbocycles. The van der Waals surface area contributed by atoms with E-state index in [2.05, 4.69) is 5.32 Å². The minimum absolute atomic E-state index is 0.128. The van der Waals surface area contributed by atoms with Crippen molar-refractivity contribution in [3.8, 4) is 0 Å². The largest absolute Gasteiger partial charge is 0.550 e. The zero-order chi connectivity index (χ0) is 15.0. The Morgan fingerprint density at radius 2 is 1.76 bits per heavy atom. The monoisotopic (exact) mass is 286 g/mol. The number of amides is 1. The molecule has 1 aromatic carbocycles. The summed E-state index contributed by atoms with van der Waals surface area (Å²) in [6, 6.07) is 7.96. The second-order valence-electron chi connectivity index (χ2n) is 6.41. The van der Waals surface area contributed by atoms with Crippen LogP contribution in [0, 0.1) is 30.6 Å². The van der Waals surface area contributed by atoms with Crippen molar-refractivity contribution in [1.29, 1.82) is 0 Å². The quantitative estimate of drug-likeness (QED) is 0.898. The smallest absolute Gasteiger partial charge is 0.224 e. The number of nitrogens with one attached hydrogen (secondary N) is 1. The molecule has 0 aliphatic heterocycles. The topological polar surface area (TPSA) is 69.2 Å². The number of aliphatic carboxylic acids is 1. The van der Waals surface area contributed by atoms with Crippen LogP contribution < -0.4 is 10.4 Å². The summed E-state index contributed by atoms with van der Waals surface area (Å²) in [7, 11) is 0. The van der Waals surface area contributed by atoms with Gasteiger partial charge in [-0.2, -0.15) is 0 Å². The van der Waals surface area contributed by atoms with Gasteiger partial charge in [0.05, 0.1) is 0 Å². The van der Waals surface area contributed by atoms with E-state index in [0.29, 0.717) is 6.54 Å². The van der Waals surface area contributed by atoms with E-state index in [1.165, 1.54) is 5.56 Å². The molecule has 2 aliphatic rings. The Hall–Kier alpha value is -1.84. The zero-order valence-electron chi connectivity index (χ0n) is 12.2. The van der Waals surface area contributed by atoms with Crippen LogP contribution in [0.4, 0.5) is 0 Å². The summed E-state index contributed by atoms with van der Waals surface area (Å²) in [5, 5.41) is 14.2. The summed E-state index contributed by atoms with van der Waals surface area (Å²) in [6.07, 6.45) is 2.75. The Morgan fingerprint density at radius 1 is 1.14 bits per heavy atom. The highest BCUT2D eigenvalue weighted by Crippen LogP contribution is 2.52. The number of carboxylic acid groups (broad SMARTS) is 1. The van der Waals surface area contributed by atoms with Gasteiger partial charge in [-0.1, -0.05) is 29.8 Å². The number of hydrogen-bond acceptors (Lipinski definition) is 3. The zero-order valence-corrected chi connectivity index (χ0v) is 12.2. The van der Waals surface area contributed by atoms with Crippen molar-refractivity contribution in [3.05, 3.63) is 35.4 Å². The number of carbonyl (C=O) groups is 2. The van der Waals surface area contributed by atoms with E-state index in [1.54, 1.807) is 0 Å². The molecule has 0 aromatic heterocycles. The van der Waals surface area contributed by atoms with Crippen molar-refractivity contribution in [2.45, 2.75) is 32.7 Å². The van der Waals surface area contributed by atoms with E-state index < -0.39 is 17.8 Å². The molecule has 0 saturated heterocycles. The summed E-state index contributed by atoms with van der Waals surface area (Å²) < 4.78 is 0. The molecule has 0 spiro atoms. The average molecular weight is 286 g/mol. The van der Waals surface area contributed by atoms with Crippen molar-refractivity contribution >= 4 is 11.9 Å². The number of carbonyl (C=O) groups excluding carboxylic acids is 2.